The first-order valence-corrected chi connectivity index (χ1v) is 8.90. The fourth-order valence-corrected chi connectivity index (χ4v) is 3.44. The Hall–Kier alpha value is -1.19. The highest BCUT2D eigenvalue weighted by Gasteiger charge is 2.42. The zero-order valence-corrected chi connectivity index (χ0v) is 16.5. The first-order valence-electron chi connectivity index (χ1n) is 8.90. The average Bonchev–Trinajstić information content (AvgIpc) is 2.61. The summed E-state index contributed by atoms with van der Waals surface area (Å²) < 4.78 is 85.6. The van der Waals surface area contributed by atoms with Crippen molar-refractivity contribution in [3.63, 3.8) is 0 Å². The summed E-state index contributed by atoms with van der Waals surface area (Å²) >= 11 is 0. The fraction of sp³-hybridized carbons (Fsp3) is 0.667. The number of hydrogen-bond donors (Lipinski definition) is 1. The number of benzene rings is 1. The van der Waals surface area contributed by atoms with E-state index < -0.39 is 29.5 Å². The standard InChI is InChI=1S/C18H24F6N2O.ClH/c1-3-4-5-14(26-8-6-25-7-9-26)16-13(18(22,23)24)10-12(17(19,20)21)11-15(16)27-2;/h10-11,14,25H,3-9H2,1-2H3;1H/t14-;/m0./s1. The van der Waals surface area contributed by atoms with Crippen LogP contribution in [-0.2, 0) is 12.4 Å². The van der Waals surface area contributed by atoms with Gasteiger partial charge in [-0.05, 0) is 18.6 Å². The van der Waals surface area contributed by atoms with Crippen molar-refractivity contribution in [2.45, 2.75) is 44.6 Å². The summed E-state index contributed by atoms with van der Waals surface area (Å²) in [5.74, 6) is -0.364. The molecular weight excluding hydrogens is 410 g/mol. The highest BCUT2D eigenvalue weighted by atomic mass is 35.5. The molecule has 0 amide bonds. The summed E-state index contributed by atoms with van der Waals surface area (Å²) in [6.07, 6.45) is -7.95. The second-order valence-corrected chi connectivity index (χ2v) is 6.58. The van der Waals surface area contributed by atoms with Gasteiger partial charge < -0.3 is 10.1 Å². The molecule has 1 heterocycles. The van der Waals surface area contributed by atoms with Crippen LogP contribution in [0.25, 0.3) is 0 Å². The van der Waals surface area contributed by atoms with Gasteiger partial charge in [-0.3, -0.25) is 4.90 Å². The summed E-state index contributed by atoms with van der Waals surface area (Å²) in [5, 5.41) is 3.14. The van der Waals surface area contributed by atoms with Crippen molar-refractivity contribution in [2.75, 3.05) is 33.3 Å². The minimum atomic E-state index is -4.91. The minimum Gasteiger partial charge on any atom is -0.496 e. The number of alkyl halides is 6. The molecule has 1 saturated heterocycles. The van der Waals surface area contributed by atoms with E-state index in [-0.39, 0.29) is 29.8 Å². The zero-order chi connectivity index (χ0) is 20.2. The smallest absolute Gasteiger partial charge is 0.416 e. The zero-order valence-electron chi connectivity index (χ0n) is 15.7. The summed E-state index contributed by atoms with van der Waals surface area (Å²) in [6.45, 7) is 4.20. The van der Waals surface area contributed by atoms with E-state index in [0.29, 0.717) is 45.1 Å². The van der Waals surface area contributed by atoms with Gasteiger partial charge in [-0.1, -0.05) is 19.8 Å². The van der Waals surface area contributed by atoms with Crippen molar-refractivity contribution in [2.24, 2.45) is 0 Å². The summed E-state index contributed by atoms with van der Waals surface area (Å²) in [4.78, 5) is 1.90. The van der Waals surface area contributed by atoms with Crippen molar-refractivity contribution < 1.29 is 31.1 Å². The molecule has 3 nitrogen and oxygen atoms in total. The Morgan fingerprint density at radius 1 is 1.07 bits per heavy atom. The average molecular weight is 435 g/mol. The van der Waals surface area contributed by atoms with Gasteiger partial charge in [0.05, 0.1) is 18.2 Å². The van der Waals surface area contributed by atoms with Gasteiger partial charge in [0, 0.05) is 37.8 Å². The maximum atomic E-state index is 13.7. The maximum absolute atomic E-state index is 13.7. The predicted molar refractivity (Wildman–Crippen MR) is 97.0 cm³/mol. The van der Waals surface area contributed by atoms with Crippen LogP contribution < -0.4 is 10.1 Å². The predicted octanol–water partition coefficient (Wildman–Crippen LogP) is 5.29. The molecule has 1 aromatic carbocycles. The van der Waals surface area contributed by atoms with Crippen LogP contribution in [0, 0.1) is 0 Å². The quantitative estimate of drug-likeness (QED) is 0.616. The van der Waals surface area contributed by atoms with Crippen molar-refractivity contribution in [3.05, 3.63) is 28.8 Å². The van der Waals surface area contributed by atoms with Crippen LogP contribution in [0.3, 0.4) is 0 Å². The minimum absolute atomic E-state index is 0. The molecule has 1 atom stereocenters. The Balaban J connectivity index is 0.00000392. The number of methoxy groups -OCH3 is 1. The molecule has 1 N–H and O–H groups in total. The lowest BCUT2D eigenvalue weighted by atomic mass is 9.91. The Morgan fingerprint density at radius 3 is 2.14 bits per heavy atom. The third-order valence-corrected chi connectivity index (χ3v) is 4.75. The van der Waals surface area contributed by atoms with E-state index in [1.807, 2.05) is 11.8 Å². The van der Waals surface area contributed by atoms with E-state index in [4.69, 9.17) is 4.74 Å². The Bertz CT molecular complexity index is 630. The number of rotatable bonds is 6. The van der Waals surface area contributed by atoms with Gasteiger partial charge in [0.25, 0.3) is 0 Å². The molecule has 1 fully saturated rings. The van der Waals surface area contributed by atoms with Gasteiger partial charge in [-0.15, -0.1) is 12.4 Å². The monoisotopic (exact) mass is 434 g/mol. The lowest BCUT2D eigenvalue weighted by Gasteiger charge is -2.37. The fourth-order valence-electron chi connectivity index (χ4n) is 3.44. The van der Waals surface area contributed by atoms with Gasteiger partial charge in [0.2, 0.25) is 0 Å². The number of nitrogens with zero attached hydrogens (tertiary/aromatic N) is 1. The number of nitrogens with one attached hydrogen (secondary N) is 1. The van der Waals surface area contributed by atoms with E-state index >= 15 is 0 Å². The molecule has 10 heteroatoms. The molecular formula is C18H25ClF6N2O. The molecule has 1 aromatic rings. The van der Waals surface area contributed by atoms with Crippen LogP contribution >= 0.6 is 12.4 Å². The van der Waals surface area contributed by atoms with Crippen LogP contribution in [0.4, 0.5) is 26.3 Å². The van der Waals surface area contributed by atoms with Crippen LogP contribution in [0.5, 0.6) is 5.75 Å². The lowest BCUT2D eigenvalue weighted by Crippen LogP contribution is -2.45. The van der Waals surface area contributed by atoms with Gasteiger partial charge in [-0.25, -0.2) is 0 Å². The first kappa shape index (κ1) is 24.8. The number of halogens is 7. The van der Waals surface area contributed by atoms with E-state index in [9.17, 15) is 26.3 Å². The molecule has 0 bridgehead atoms. The number of piperazine rings is 1. The third kappa shape index (κ3) is 5.90. The highest BCUT2D eigenvalue weighted by Crippen LogP contribution is 2.46. The molecule has 0 saturated carbocycles. The molecule has 0 aromatic heterocycles. The van der Waals surface area contributed by atoms with Gasteiger partial charge in [-0.2, -0.15) is 26.3 Å². The van der Waals surface area contributed by atoms with Crippen molar-refractivity contribution >= 4 is 12.4 Å². The molecule has 0 radical (unpaired) electrons. The number of ether oxygens (including phenoxy) is 1. The van der Waals surface area contributed by atoms with Gasteiger partial charge in [0.1, 0.15) is 5.75 Å². The highest BCUT2D eigenvalue weighted by molar-refractivity contribution is 5.85. The van der Waals surface area contributed by atoms with Crippen LogP contribution in [0.2, 0.25) is 0 Å². The summed E-state index contributed by atoms with van der Waals surface area (Å²) in [5.41, 5.74) is -2.83. The largest absolute Gasteiger partial charge is 0.496 e. The molecule has 1 aliphatic rings. The lowest BCUT2D eigenvalue weighted by molar-refractivity contribution is -0.144. The van der Waals surface area contributed by atoms with Gasteiger partial charge >= 0.3 is 12.4 Å². The molecule has 2 rings (SSSR count). The molecule has 162 valence electrons. The normalized spacial score (nSPS) is 17.1. The van der Waals surface area contributed by atoms with E-state index in [1.165, 1.54) is 0 Å². The van der Waals surface area contributed by atoms with Crippen molar-refractivity contribution in [3.8, 4) is 5.75 Å². The van der Waals surface area contributed by atoms with Crippen molar-refractivity contribution in [1.29, 1.82) is 0 Å². The molecule has 28 heavy (non-hydrogen) atoms. The second kappa shape index (κ2) is 10.0. The topological polar surface area (TPSA) is 24.5 Å². The summed E-state index contributed by atoms with van der Waals surface area (Å²) in [7, 11) is 1.10. The third-order valence-electron chi connectivity index (χ3n) is 4.75. The first-order chi connectivity index (χ1) is 12.6. The van der Waals surface area contributed by atoms with E-state index in [2.05, 4.69) is 5.32 Å². The Kier molecular flexibility index (Phi) is 8.90. The molecule has 0 unspecified atom stereocenters. The number of unbranched alkanes of at least 4 members (excludes halogenated alkanes) is 1. The van der Waals surface area contributed by atoms with Crippen LogP contribution in [-0.4, -0.2) is 38.2 Å². The SMILES string of the molecule is CCCC[C@@H](c1c(OC)cc(C(F)(F)F)cc1C(F)(F)F)N1CCNCC1.Cl. The van der Waals surface area contributed by atoms with Gasteiger partial charge in [0.15, 0.2) is 0 Å². The molecule has 1 aliphatic heterocycles. The Morgan fingerprint density at radius 2 is 1.68 bits per heavy atom. The summed E-state index contributed by atoms with van der Waals surface area (Å²) in [6, 6.07) is 0.228. The maximum Gasteiger partial charge on any atom is 0.416 e. The van der Waals surface area contributed by atoms with Crippen LogP contribution in [0.15, 0.2) is 12.1 Å². The second-order valence-electron chi connectivity index (χ2n) is 6.58. The van der Waals surface area contributed by atoms with E-state index in [0.717, 1.165) is 13.5 Å². The van der Waals surface area contributed by atoms with Crippen LogP contribution in [0.1, 0.15) is 48.9 Å². The number of hydrogen-bond acceptors (Lipinski definition) is 3. The Labute approximate surface area is 166 Å². The molecule has 0 spiro atoms. The van der Waals surface area contributed by atoms with Crippen molar-refractivity contribution in [1.82, 2.24) is 10.2 Å². The molecule has 0 aliphatic carbocycles. The van der Waals surface area contributed by atoms with E-state index in [1.54, 1.807) is 0 Å².